The van der Waals surface area contributed by atoms with Crippen molar-refractivity contribution < 1.29 is 9.90 Å². The van der Waals surface area contributed by atoms with Gasteiger partial charge >= 0.3 is 5.97 Å². The monoisotopic (exact) mass is 303 g/mol. The zero-order valence-corrected chi connectivity index (χ0v) is 12.3. The molecule has 0 unspecified atom stereocenters. The number of anilines is 2. The van der Waals surface area contributed by atoms with Crippen LogP contribution in [0.1, 0.15) is 22.2 Å². The SMILES string of the molecule is CCn1cc(Nc2ncnc3sc(C(=O)O)c(C)c23)cn1. The Balaban J connectivity index is 2.07. The van der Waals surface area contributed by atoms with Crippen LogP contribution in [0, 0.1) is 6.92 Å². The Morgan fingerprint density at radius 3 is 2.95 bits per heavy atom. The van der Waals surface area contributed by atoms with Crippen LogP contribution in [-0.4, -0.2) is 30.8 Å². The fourth-order valence-electron chi connectivity index (χ4n) is 2.11. The van der Waals surface area contributed by atoms with Gasteiger partial charge in [0.25, 0.3) is 0 Å². The van der Waals surface area contributed by atoms with E-state index in [9.17, 15) is 9.90 Å². The number of carboxylic acids is 1. The first kappa shape index (κ1) is 13.5. The molecule has 21 heavy (non-hydrogen) atoms. The van der Waals surface area contributed by atoms with Crippen LogP contribution in [0.4, 0.5) is 11.5 Å². The Bertz CT molecular complexity index is 823. The predicted molar refractivity (Wildman–Crippen MR) is 80.3 cm³/mol. The average molecular weight is 303 g/mol. The average Bonchev–Trinajstić information content (AvgIpc) is 3.04. The molecule has 3 aromatic rings. The minimum absolute atomic E-state index is 0.290. The molecule has 3 aromatic heterocycles. The molecule has 0 atom stereocenters. The maximum absolute atomic E-state index is 11.2. The highest BCUT2D eigenvalue weighted by Crippen LogP contribution is 2.34. The van der Waals surface area contributed by atoms with Gasteiger partial charge in [-0.05, 0) is 19.4 Å². The third-order valence-electron chi connectivity index (χ3n) is 3.14. The van der Waals surface area contributed by atoms with Crippen LogP contribution in [0.2, 0.25) is 0 Å². The number of fused-ring (bicyclic) bond motifs is 1. The van der Waals surface area contributed by atoms with Gasteiger partial charge in [0.05, 0.1) is 17.3 Å². The molecule has 108 valence electrons. The zero-order chi connectivity index (χ0) is 15.0. The number of aromatic nitrogens is 4. The fourth-order valence-corrected chi connectivity index (χ4v) is 3.10. The second kappa shape index (κ2) is 5.13. The van der Waals surface area contributed by atoms with Crippen molar-refractivity contribution in [2.75, 3.05) is 5.32 Å². The molecule has 0 radical (unpaired) electrons. The Hall–Kier alpha value is -2.48. The molecule has 0 saturated carbocycles. The molecular formula is C13H13N5O2S. The molecule has 0 aliphatic rings. The van der Waals surface area contributed by atoms with E-state index in [1.165, 1.54) is 6.33 Å². The minimum Gasteiger partial charge on any atom is -0.477 e. The van der Waals surface area contributed by atoms with Crippen LogP contribution in [0.25, 0.3) is 10.2 Å². The number of nitrogens with one attached hydrogen (secondary N) is 1. The highest BCUT2D eigenvalue weighted by Gasteiger charge is 2.18. The lowest BCUT2D eigenvalue weighted by Gasteiger charge is -2.04. The standard InChI is InChI=1S/C13H13N5O2S/c1-3-18-5-8(4-16-18)17-11-9-7(2)10(13(19)20)21-12(9)15-6-14-11/h4-6H,3H2,1-2H3,(H,19,20)(H,14,15,17). The molecule has 0 amide bonds. The van der Waals surface area contributed by atoms with Gasteiger partial charge in [0.1, 0.15) is 21.9 Å². The second-order valence-corrected chi connectivity index (χ2v) is 5.47. The number of thiophene rings is 1. The smallest absolute Gasteiger partial charge is 0.346 e. The molecule has 0 aliphatic heterocycles. The summed E-state index contributed by atoms with van der Waals surface area (Å²) in [6, 6.07) is 0. The summed E-state index contributed by atoms with van der Waals surface area (Å²) < 4.78 is 1.80. The molecule has 0 aromatic carbocycles. The first-order valence-electron chi connectivity index (χ1n) is 6.37. The van der Waals surface area contributed by atoms with Crippen LogP contribution in [0.3, 0.4) is 0 Å². The lowest BCUT2D eigenvalue weighted by atomic mass is 10.2. The van der Waals surface area contributed by atoms with E-state index >= 15 is 0 Å². The summed E-state index contributed by atoms with van der Waals surface area (Å²) in [5.41, 5.74) is 1.48. The van der Waals surface area contributed by atoms with Crippen molar-refractivity contribution in [3.05, 3.63) is 29.2 Å². The van der Waals surface area contributed by atoms with Crippen molar-refractivity contribution >= 4 is 39.0 Å². The molecule has 0 spiro atoms. The van der Waals surface area contributed by atoms with Gasteiger partial charge in [0.15, 0.2) is 0 Å². The Kier molecular flexibility index (Phi) is 3.30. The van der Waals surface area contributed by atoms with Crippen LogP contribution in [0.5, 0.6) is 0 Å². The van der Waals surface area contributed by atoms with Gasteiger partial charge in [0, 0.05) is 12.7 Å². The van der Waals surface area contributed by atoms with Crippen LogP contribution in [0.15, 0.2) is 18.7 Å². The summed E-state index contributed by atoms with van der Waals surface area (Å²) in [5.74, 6) is -0.350. The van der Waals surface area contributed by atoms with Gasteiger partial charge < -0.3 is 10.4 Å². The lowest BCUT2D eigenvalue weighted by molar-refractivity contribution is 0.0701. The fraction of sp³-hybridized carbons (Fsp3) is 0.231. The summed E-state index contributed by atoms with van der Waals surface area (Å²) in [6.07, 6.45) is 5.00. The van der Waals surface area contributed by atoms with Gasteiger partial charge in [-0.3, -0.25) is 4.68 Å². The third kappa shape index (κ3) is 2.33. The maximum atomic E-state index is 11.2. The van der Waals surface area contributed by atoms with Crippen molar-refractivity contribution in [1.29, 1.82) is 0 Å². The second-order valence-electron chi connectivity index (χ2n) is 4.47. The number of nitrogens with zero attached hydrogens (tertiary/aromatic N) is 4. The van der Waals surface area contributed by atoms with E-state index in [0.29, 0.717) is 16.2 Å². The largest absolute Gasteiger partial charge is 0.477 e. The van der Waals surface area contributed by atoms with Crippen molar-refractivity contribution in [3.63, 3.8) is 0 Å². The number of hydrogen-bond acceptors (Lipinski definition) is 6. The highest BCUT2D eigenvalue weighted by molar-refractivity contribution is 7.20. The van der Waals surface area contributed by atoms with Crippen molar-refractivity contribution in [2.24, 2.45) is 0 Å². The molecule has 3 heterocycles. The summed E-state index contributed by atoms with van der Waals surface area (Å²) in [5, 5.41) is 17.3. The molecule has 0 saturated heterocycles. The normalized spacial score (nSPS) is 11.0. The minimum atomic E-state index is -0.944. The van der Waals surface area contributed by atoms with E-state index in [1.54, 1.807) is 17.8 Å². The Morgan fingerprint density at radius 2 is 2.29 bits per heavy atom. The van der Waals surface area contributed by atoms with Crippen LogP contribution < -0.4 is 5.32 Å². The van der Waals surface area contributed by atoms with E-state index < -0.39 is 5.97 Å². The van der Waals surface area contributed by atoms with Crippen LogP contribution in [-0.2, 0) is 6.54 Å². The summed E-state index contributed by atoms with van der Waals surface area (Å²) in [7, 11) is 0. The van der Waals surface area contributed by atoms with E-state index in [4.69, 9.17) is 0 Å². The number of carboxylic acid groups (broad SMARTS) is 1. The highest BCUT2D eigenvalue weighted by atomic mass is 32.1. The third-order valence-corrected chi connectivity index (χ3v) is 4.33. The van der Waals surface area contributed by atoms with E-state index in [1.807, 2.05) is 13.1 Å². The number of carbonyl (C=O) groups is 1. The first-order valence-corrected chi connectivity index (χ1v) is 7.18. The van der Waals surface area contributed by atoms with Gasteiger partial charge in [-0.1, -0.05) is 0 Å². The summed E-state index contributed by atoms with van der Waals surface area (Å²) in [6.45, 7) is 4.55. The predicted octanol–water partition coefficient (Wildman–Crippen LogP) is 2.66. The van der Waals surface area contributed by atoms with Crippen molar-refractivity contribution in [3.8, 4) is 0 Å². The number of hydrogen-bond donors (Lipinski definition) is 2. The van der Waals surface area contributed by atoms with Gasteiger partial charge in [-0.2, -0.15) is 5.10 Å². The molecule has 7 nitrogen and oxygen atoms in total. The quantitative estimate of drug-likeness (QED) is 0.769. The molecular weight excluding hydrogens is 290 g/mol. The molecule has 0 fully saturated rings. The number of rotatable bonds is 4. The molecule has 0 bridgehead atoms. The summed E-state index contributed by atoms with van der Waals surface area (Å²) in [4.78, 5) is 20.6. The number of aryl methyl sites for hydroxylation is 2. The van der Waals surface area contributed by atoms with Gasteiger partial charge in [-0.25, -0.2) is 14.8 Å². The summed E-state index contributed by atoms with van der Waals surface area (Å²) >= 11 is 1.15. The van der Waals surface area contributed by atoms with E-state index in [0.717, 1.165) is 29.0 Å². The molecule has 0 aliphatic carbocycles. The topological polar surface area (TPSA) is 92.9 Å². The van der Waals surface area contributed by atoms with Crippen LogP contribution >= 0.6 is 11.3 Å². The molecule has 8 heteroatoms. The van der Waals surface area contributed by atoms with Gasteiger partial charge in [0.2, 0.25) is 0 Å². The first-order chi connectivity index (χ1) is 10.1. The Labute approximate surface area is 124 Å². The van der Waals surface area contributed by atoms with E-state index in [2.05, 4.69) is 20.4 Å². The van der Waals surface area contributed by atoms with E-state index in [-0.39, 0.29) is 4.88 Å². The maximum Gasteiger partial charge on any atom is 0.346 e. The van der Waals surface area contributed by atoms with Crippen molar-refractivity contribution in [2.45, 2.75) is 20.4 Å². The lowest BCUT2D eigenvalue weighted by Crippen LogP contribution is -1.97. The zero-order valence-electron chi connectivity index (χ0n) is 11.5. The Morgan fingerprint density at radius 1 is 1.48 bits per heavy atom. The van der Waals surface area contributed by atoms with Crippen molar-refractivity contribution in [1.82, 2.24) is 19.7 Å². The molecule has 2 N–H and O–H groups in total. The number of aromatic carboxylic acids is 1. The van der Waals surface area contributed by atoms with Gasteiger partial charge in [-0.15, -0.1) is 11.3 Å². The molecule has 3 rings (SSSR count).